The van der Waals surface area contributed by atoms with Crippen molar-refractivity contribution in [1.82, 2.24) is 10.2 Å². The Morgan fingerprint density at radius 1 is 1.22 bits per heavy atom. The summed E-state index contributed by atoms with van der Waals surface area (Å²) in [5.74, 6) is 0. The lowest BCUT2D eigenvalue weighted by atomic mass is 9.75. The molecule has 1 atom stereocenters. The second kappa shape index (κ2) is 5.00. The fraction of sp³-hybridized carbons (Fsp3) is 0.600. The van der Waals surface area contributed by atoms with Gasteiger partial charge in [0.1, 0.15) is 0 Å². The molecule has 2 N–H and O–H groups in total. The summed E-state index contributed by atoms with van der Waals surface area (Å²) < 4.78 is 0. The topological polar surface area (TPSA) is 35.5 Å². The largest absolute Gasteiger partial charge is 0.394 e. The van der Waals surface area contributed by atoms with Gasteiger partial charge in [0.2, 0.25) is 0 Å². The summed E-state index contributed by atoms with van der Waals surface area (Å²) in [6.45, 7) is 4.38. The predicted octanol–water partition coefficient (Wildman–Crippen LogP) is 1.12. The van der Waals surface area contributed by atoms with Gasteiger partial charge in [0.15, 0.2) is 0 Å². The van der Waals surface area contributed by atoms with Gasteiger partial charge >= 0.3 is 0 Å². The van der Waals surface area contributed by atoms with Gasteiger partial charge in [-0.05, 0) is 30.4 Å². The first kappa shape index (κ1) is 12.2. The van der Waals surface area contributed by atoms with Crippen LogP contribution in [0.1, 0.15) is 24.0 Å². The smallest absolute Gasteiger partial charge is 0.0697 e. The zero-order chi connectivity index (χ0) is 12.4. The molecule has 1 aliphatic carbocycles. The number of aryl methyl sites for hydroxylation is 1. The minimum Gasteiger partial charge on any atom is -0.394 e. The van der Waals surface area contributed by atoms with E-state index >= 15 is 0 Å². The third kappa shape index (κ3) is 1.87. The Labute approximate surface area is 109 Å². The molecule has 1 aromatic carbocycles. The van der Waals surface area contributed by atoms with Gasteiger partial charge in [-0.3, -0.25) is 4.90 Å². The van der Waals surface area contributed by atoms with E-state index in [-0.39, 0.29) is 12.1 Å². The van der Waals surface area contributed by atoms with Crippen molar-refractivity contribution in [2.75, 3.05) is 32.8 Å². The first-order valence-corrected chi connectivity index (χ1v) is 7.02. The Hall–Kier alpha value is -0.900. The molecular formula is C15H22N2O. The molecule has 0 saturated carbocycles. The number of fused-ring (bicyclic) bond motifs is 1. The first-order valence-electron chi connectivity index (χ1n) is 7.02. The van der Waals surface area contributed by atoms with Crippen molar-refractivity contribution < 1.29 is 5.11 Å². The van der Waals surface area contributed by atoms with Crippen molar-refractivity contribution >= 4 is 0 Å². The number of hydrogen-bond acceptors (Lipinski definition) is 3. The van der Waals surface area contributed by atoms with Crippen LogP contribution in [-0.2, 0) is 12.0 Å². The van der Waals surface area contributed by atoms with Crippen LogP contribution in [-0.4, -0.2) is 42.8 Å². The lowest BCUT2D eigenvalue weighted by molar-refractivity contribution is 0.00402. The van der Waals surface area contributed by atoms with Gasteiger partial charge in [0, 0.05) is 26.2 Å². The SMILES string of the molecule is OCC1(N2CCNCC2)CCCc2ccccc21. The minimum absolute atomic E-state index is 0.128. The number of nitrogens with zero attached hydrogens (tertiary/aromatic N) is 1. The average molecular weight is 246 g/mol. The number of hydrogen-bond donors (Lipinski definition) is 2. The molecule has 1 unspecified atom stereocenters. The van der Waals surface area contributed by atoms with Crippen molar-refractivity contribution in [2.45, 2.75) is 24.8 Å². The molecule has 1 heterocycles. The maximum Gasteiger partial charge on any atom is 0.0697 e. The van der Waals surface area contributed by atoms with E-state index in [2.05, 4.69) is 34.5 Å². The summed E-state index contributed by atoms with van der Waals surface area (Å²) in [6, 6.07) is 8.66. The molecule has 0 spiro atoms. The lowest BCUT2D eigenvalue weighted by Gasteiger charge is -2.48. The monoisotopic (exact) mass is 246 g/mol. The van der Waals surface area contributed by atoms with Gasteiger partial charge in [0.05, 0.1) is 12.1 Å². The molecule has 1 saturated heterocycles. The zero-order valence-electron chi connectivity index (χ0n) is 10.9. The highest BCUT2D eigenvalue weighted by Crippen LogP contribution is 2.39. The fourth-order valence-corrected chi connectivity index (χ4v) is 3.58. The van der Waals surface area contributed by atoms with Crippen LogP contribution in [0.4, 0.5) is 0 Å². The Balaban J connectivity index is 2.01. The summed E-state index contributed by atoms with van der Waals surface area (Å²) in [6.07, 6.45) is 3.42. The molecule has 1 fully saturated rings. The molecule has 3 heteroatoms. The maximum atomic E-state index is 10.1. The molecule has 2 aliphatic rings. The molecule has 1 aromatic rings. The molecule has 0 bridgehead atoms. The highest BCUT2D eigenvalue weighted by Gasteiger charge is 2.41. The van der Waals surface area contributed by atoms with E-state index in [9.17, 15) is 5.11 Å². The van der Waals surface area contributed by atoms with Crippen LogP contribution in [0.3, 0.4) is 0 Å². The summed E-state index contributed by atoms with van der Waals surface area (Å²) >= 11 is 0. The average Bonchev–Trinajstić information content (AvgIpc) is 2.47. The molecule has 0 amide bonds. The van der Waals surface area contributed by atoms with Crippen molar-refractivity contribution in [2.24, 2.45) is 0 Å². The van der Waals surface area contributed by atoms with E-state index in [0.717, 1.165) is 39.0 Å². The quantitative estimate of drug-likeness (QED) is 0.821. The molecule has 0 aromatic heterocycles. The predicted molar refractivity (Wildman–Crippen MR) is 72.6 cm³/mol. The number of piperazine rings is 1. The van der Waals surface area contributed by atoms with Crippen LogP contribution in [0.2, 0.25) is 0 Å². The van der Waals surface area contributed by atoms with E-state index in [0.29, 0.717) is 0 Å². The zero-order valence-corrected chi connectivity index (χ0v) is 10.9. The van der Waals surface area contributed by atoms with Crippen LogP contribution in [0.5, 0.6) is 0 Å². The second-order valence-corrected chi connectivity index (χ2v) is 5.44. The number of benzene rings is 1. The highest BCUT2D eigenvalue weighted by molar-refractivity contribution is 5.36. The van der Waals surface area contributed by atoms with Gasteiger partial charge in [-0.15, -0.1) is 0 Å². The minimum atomic E-state index is -0.128. The van der Waals surface area contributed by atoms with Gasteiger partial charge < -0.3 is 10.4 Å². The number of aliphatic hydroxyl groups is 1. The summed E-state index contributed by atoms with van der Waals surface area (Å²) in [5, 5.41) is 13.5. The normalized spacial score (nSPS) is 28.9. The standard InChI is InChI=1S/C15H22N2O/c18-12-15(17-10-8-16-9-11-17)7-3-5-13-4-1-2-6-14(13)15/h1-2,4,6,16,18H,3,5,7-12H2. The summed E-state index contributed by atoms with van der Waals surface area (Å²) in [5.41, 5.74) is 2.66. The Bertz CT molecular complexity index is 415. The lowest BCUT2D eigenvalue weighted by Crippen LogP contribution is -2.57. The van der Waals surface area contributed by atoms with Gasteiger partial charge in [-0.2, -0.15) is 0 Å². The maximum absolute atomic E-state index is 10.1. The number of rotatable bonds is 2. The van der Waals surface area contributed by atoms with Crippen LogP contribution >= 0.6 is 0 Å². The number of nitrogens with one attached hydrogen (secondary N) is 1. The van der Waals surface area contributed by atoms with Crippen molar-refractivity contribution in [3.63, 3.8) is 0 Å². The Morgan fingerprint density at radius 3 is 2.78 bits per heavy atom. The van der Waals surface area contributed by atoms with E-state index in [1.807, 2.05) is 0 Å². The Morgan fingerprint density at radius 2 is 2.00 bits per heavy atom. The second-order valence-electron chi connectivity index (χ2n) is 5.44. The highest BCUT2D eigenvalue weighted by atomic mass is 16.3. The van der Waals surface area contributed by atoms with E-state index in [1.165, 1.54) is 17.5 Å². The van der Waals surface area contributed by atoms with Gasteiger partial charge in [-0.1, -0.05) is 24.3 Å². The van der Waals surface area contributed by atoms with Gasteiger partial charge in [0.25, 0.3) is 0 Å². The van der Waals surface area contributed by atoms with Crippen LogP contribution in [0.25, 0.3) is 0 Å². The van der Waals surface area contributed by atoms with Crippen molar-refractivity contribution in [3.8, 4) is 0 Å². The molecule has 1 aliphatic heterocycles. The molecular weight excluding hydrogens is 224 g/mol. The first-order chi connectivity index (χ1) is 8.87. The number of aliphatic hydroxyl groups excluding tert-OH is 1. The van der Waals surface area contributed by atoms with E-state index < -0.39 is 0 Å². The fourth-order valence-electron chi connectivity index (χ4n) is 3.58. The van der Waals surface area contributed by atoms with E-state index in [4.69, 9.17) is 0 Å². The molecule has 0 radical (unpaired) electrons. The van der Waals surface area contributed by atoms with Crippen LogP contribution in [0, 0.1) is 0 Å². The molecule has 18 heavy (non-hydrogen) atoms. The molecule has 3 rings (SSSR count). The summed E-state index contributed by atoms with van der Waals surface area (Å²) in [7, 11) is 0. The molecule has 98 valence electrons. The summed E-state index contributed by atoms with van der Waals surface area (Å²) in [4.78, 5) is 2.49. The third-order valence-corrected chi connectivity index (χ3v) is 4.54. The molecule has 3 nitrogen and oxygen atoms in total. The third-order valence-electron chi connectivity index (χ3n) is 4.54. The van der Waals surface area contributed by atoms with Crippen LogP contribution in [0.15, 0.2) is 24.3 Å². The Kier molecular flexibility index (Phi) is 3.37. The van der Waals surface area contributed by atoms with Crippen molar-refractivity contribution in [1.29, 1.82) is 0 Å². The van der Waals surface area contributed by atoms with E-state index in [1.54, 1.807) is 0 Å². The van der Waals surface area contributed by atoms with Gasteiger partial charge in [-0.25, -0.2) is 0 Å². The van der Waals surface area contributed by atoms with Crippen molar-refractivity contribution in [3.05, 3.63) is 35.4 Å². The van der Waals surface area contributed by atoms with Crippen LogP contribution < -0.4 is 5.32 Å².